The minimum atomic E-state index is -0.501. The second kappa shape index (κ2) is 5.77. The van der Waals surface area contributed by atoms with Gasteiger partial charge >= 0.3 is 5.69 Å². The molecule has 1 saturated heterocycles. The molecule has 0 saturated carbocycles. The average molecular weight is 328 g/mol. The molecule has 2 aromatic heterocycles. The summed E-state index contributed by atoms with van der Waals surface area (Å²) in [5.74, 6) is 2.21. The predicted octanol–water partition coefficient (Wildman–Crippen LogP) is 2.10. The molecule has 2 aliphatic heterocycles. The van der Waals surface area contributed by atoms with Gasteiger partial charge in [0, 0.05) is 43.5 Å². The van der Waals surface area contributed by atoms with Gasteiger partial charge in [-0.2, -0.15) is 0 Å². The second-order valence-electron chi connectivity index (χ2n) is 6.48. The molecule has 8 heteroatoms. The number of piperidine rings is 1. The highest BCUT2D eigenvalue weighted by Gasteiger charge is 2.28. The van der Waals surface area contributed by atoms with Crippen LogP contribution in [-0.2, 0) is 13.0 Å². The number of aromatic nitrogens is 3. The van der Waals surface area contributed by atoms with Gasteiger partial charge in [-0.1, -0.05) is 0 Å². The Labute approximate surface area is 139 Å². The van der Waals surface area contributed by atoms with Gasteiger partial charge in [-0.25, -0.2) is 9.97 Å². The van der Waals surface area contributed by atoms with Crippen LogP contribution in [0.15, 0.2) is 18.3 Å². The lowest BCUT2D eigenvalue weighted by Crippen LogP contribution is -2.36. The van der Waals surface area contributed by atoms with Crippen molar-refractivity contribution in [2.45, 2.75) is 38.1 Å². The van der Waals surface area contributed by atoms with Crippen molar-refractivity contribution in [3.05, 3.63) is 40.0 Å². The normalized spacial score (nSPS) is 20.2. The molecule has 1 unspecified atom stereocenters. The number of nitrogens with two attached hydrogens (primary N) is 1. The number of pyridine rings is 1. The first kappa shape index (κ1) is 14.9. The van der Waals surface area contributed by atoms with Crippen molar-refractivity contribution in [2.75, 3.05) is 23.7 Å². The van der Waals surface area contributed by atoms with Crippen LogP contribution in [-0.4, -0.2) is 32.5 Å². The Morgan fingerprint density at radius 2 is 2.17 bits per heavy atom. The van der Waals surface area contributed by atoms with Crippen LogP contribution < -0.4 is 10.6 Å². The number of anilines is 2. The summed E-state index contributed by atoms with van der Waals surface area (Å²) in [6.07, 6.45) is 6.47. The molecule has 0 aromatic carbocycles. The minimum Gasteiger partial charge on any atom is -0.378 e. The Kier molecular flexibility index (Phi) is 3.59. The van der Waals surface area contributed by atoms with E-state index in [0.29, 0.717) is 11.7 Å². The van der Waals surface area contributed by atoms with Gasteiger partial charge in [0.2, 0.25) is 5.82 Å². The van der Waals surface area contributed by atoms with Crippen LogP contribution in [0.1, 0.15) is 36.7 Å². The fourth-order valence-electron chi connectivity index (χ4n) is 3.81. The number of hydrogen-bond donors (Lipinski definition) is 1. The van der Waals surface area contributed by atoms with Gasteiger partial charge in [0.15, 0.2) is 0 Å². The smallest absolute Gasteiger partial charge is 0.311 e. The van der Waals surface area contributed by atoms with E-state index in [4.69, 9.17) is 5.73 Å². The van der Waals surface area contributed by atoms with Crippen molar-refractivity contribution in [1.82, 2.24) is 14.5 Å². The molecule has 0 spiro atoms. The third kappa shape index (κ3) is 2.47. The van der Waals surface area contributed by atoms with E-state index in [1.807, 2.05) is 6.20 Å². The van der Waals surface area contributed by atoms with Crippen molar-refractivity contribution < 1.29 is 4.92 Å². The molecule has 8 nitrogen and oxygen atoms in total. The highest BCUT2D eigenvalue weighted by molar-refractivity contribution is 5.58. The van der Waals surface area contributed by atoms with E-state index < -0.39 is 4.92 Å². The van der Waals surface area contributed by atoms with Crippen molar-refractivity contribution in [3.63, 3.8) is 0 Å². The van der Waals surface area contributed by atoms with Crippen molar-refractivity contribution in [1.29, 1.82) is 0 Å². The number of fused-ring (bicyclic) bond motifs is 1. The van der Waals surface area contributed by atoms with Gasteiger partial charge in [0.05, 0.1) is 4.92 Å². The summed E-state index contributed by atoms with van der Waals surface area (Å²) in [6, 6.07) is 3.13. The monoisotopic (exact) mass is 328 g/mol. The van der Waals surface area contributed by atoms with Crippen molar-refractivity contribution in [2.24, 2.45) is 0 Å². The van der Waals surface area contributed by atoms with Crippen LogP contribution in [0.5, 0.6) is 0 Å². The Hall–Kier alpha value is -2.64. The second-order valence-corrected chi connectivity index (χ2v) is 6.48. The van der Waals surface area contributed by atoms with E-state index in [1.54, 1.807) is 6.07 Å². The van der Waals surface area contributed by atoms with Gasteiger partial charge < -0.3 is 15.2 Å². The van der Waals surface area contributed by atoms with E-state index in [1.165, 1.54) is 24.0 Å². The molecule has 4 rings (SSSR count). The Bertz CT molecular complexity index is 787. The summed E-state index contributed by atoms with van der Waals surface area (Å²) in [6.45, 7) is 2.76. The number of aryl methyl sites for hydroxylation is 1. The average Bonchev–Trinajstić information content (AvgIpc) is 3.17. The predicted molar refractivity (Wildman–Crippen MR) is 90.0 cm³/mol. The zero-order valence-electron chi connectivity index (χ0n) is 13.4. The molecule has 4 heterocycles. The Balaban J connectivity index is 1.57. The van der Waals surface area contributed by atoms with Crippen LogP contribution in [0.2, 0.25) is 0 Å². The molecule has 0 radical (unpaired) electrons. The lowest BCUT2D eigenvalue weighted by Gasteiger charge is -2.33. The summed E-state index contributed by atoms with van der Waals surface area (Å²) in [5, 5.41) is 10.9. The maximum atomic E-state index is 10.9. The zero-order chi connectivity index (χ0) is 16.7. The third-order valence-electron chi connectivity index (χ3n) is 4.98. The largest absolute Gasteiger partial charge is 0.378 e. The van der Waals surface area contributed by atoms with Crippen molar-refractivity contribution >= 4 is 17.3 Å². The summed E-state index contributed by atoms with van der Waals surface area (Å²) in [4.78, 5) is 21.4. The molecule has 0 amide bonds. The van der Waals surface area contributed by atoms with Crippen LogP contribution in [0.3, 0.4) is 0 Å². The summed E-state index contributed by atoms with van der Waals surface area (Å²) >= 11 is 0. The first-order valence-electron chi connectivity index (χ1n) is 8.33. The van der Waals surface area contributed by atoms with E-state index in [0.717, 1.165) is 38.9 Å². The van der Waals surface area contributed by atoms with E-state index >= 15 is 0 Å². The van der Waals surface area contributed by atoms with Crippen LogP contribution in [0.25, 0.3) is 0 Å². The molecule has 2 aliphatic rings. The van der Waals surface area contributed by atoms with Crippen molar-refractivity contribution in [3.8, 4) is 0 Å². The summed E-state index contributed by atoms with van der Waals surface area (Å²) < 4.78 is 2.35. The summed E-state index contributed by atoms with van der Waals surface area (Å²) in [7, 11) is 0. The molecule has 1 atom stereocenters. The van der Waals surface area contributed by atoms with Gasteiger partial charge in [-0.3, -0.25) is 10.1 Å². The number of nitro groups is 1. The minimum absolute atomic E-state index is 0.0265. The maximum Gasteiger partial charge on any atom is 0.311 e. The Morgan fingerprint density at radius 3 is 2.96 bits per heavy atom. The lowest BCUT2D eigenvalue weighted by atomic mass is 9.97. The standard InChI is InChI=1S/C16H20N6O2/c17-15-13(22(23)24)5-6-14(19-15)20-7-1-3-11(10-20)16-18-9-12-4-2-8-21(12)16/h5-6,9,11H,1-4,7-8,10H2,(H2,17,19). The fourth-order valence-corrected chi connectivity index (χ4v) is 3.81. The van der Waals surface area contributed by atoms with E-state index in [2.05, 4.69) is 19.4 Å². The number of nitrogens with zero attached hydrogens (tertiary/aromatic N) is 5. The topological polar surface area (TPSA) is 103 Å². The fraction of sp³-hybridized carbons (Fsp3) is 0.500. The number of hydrogen-bond acceptors (Lipinski definition) is 6. The van der Waals surface area contributed by atoms with Crippen LogP contribution in [0, 0.1) is 10.1 Å². The van der Waals surface area contributed by atoms with Gasteiger partial charge in [-0.15, -0.1) is 0 Å². The molecule has 24 heavy (non-hydrogen) atoms. The first-order valence-corrected chi connectivity index (χ1v) is 8.33. The maximum absolute atomic E-state index is 10.9. The molecule has 0 bridgehead atoms. The Morgan fingerprint density at radius 1 is 1.29 bits per heavy atom. The van der Waals surface area contributed by atoms with E-state index in [9.17, 15) is 10.1 Å². The molecule has 126 valence electrons. The molecule has 2 N–H and O–H groups in total. The van der Waals surface area contributed by atoms with Crippen LogP contribution in [0.4, 0.5) is 17.3 Å². The van der Waals surface area contributed by atoms with Gasteiger partial charge in [-0.05, 0) is 31.7 Å². The molecule has 0 aliphatic carbocycles. The lowest BCUT2D eigenvalue weighted by molar-refractivity contribution is -0.384. The van der Waals surface area contributed by atoms with Crippen LogP contribution >= 0.6 is 0 Å². The van der Waals surface area contributed by atoms with Gasteiger partial charge in [0.25, 0.3) is 0 Å². The number of rotatable bonds is 3. The molecule has 1 fully saturated rings. The number of nitrogen functional groups attached to an aromatic ring is 1. The highest BCUT2D eigenvalue weighted by Crippen LogP contribution is 2.32. The molecule has 2 aromatic rings. The zero-order valence-corrected chi connectivity index (χ0v) is 13.4. The quantitative estimate of drug-likeness (QED) is 0.683. The highest BCUT2D eigenvalue weighted by atomic mass is 16.6. The van der Waals surface area contributed by atoms with Gasteiger partial charge in [0.1, 0.15) is 11.6 Å². The first-order chi connectivity index (χ1) is 11.6. The molecular formula is C16H20N6O2. The molecular weight excluding hydrogens is 308 g/mol. The summed E-state index contributed by atoms with van der Waals surface area (Å²) in [5.41, 5.74) is 6.93. The van der Waals surface area contributed by atoms with E-state index in [-0.39, 0.29) is 11.5 Å². The number of imidazole rings is 1. The third-order valence-corrected chi connectivity index (χ3v) is 4.98. The SMILES string of the molecule is Nc1nc(N2CCCC(c3ncc4n3CCC4)C2)ccc1[N+](=O)[O-].